The lowest BCUT2D eigenvalue weighted by molar-refractivity contribution is 0.184. The summed E-state index contributed by atoms with van der Waals surface area (Å²) in [4.78, 5) is 0. The molecule has 0 saturated carbocycles. The molecular weight excluding hydrogens is 253 g/mol. The third-order valence-corrected chi connectivity index (χ3v) is 3.61. The van der Waals surface area contributed by atoms with Crippen LogP contribution in [0.2, 0.25) is 0 Å². The molecule has 0 aliphatic carbocycles. The van der Waals surface area contributed by atoms with Crippen LogP contribution >= 0.6 is 7.82 Å². The van der Waals surface area contributed by atoms with Crippen LogP contribution in [0, 0.1) is 11.3 Å². The Balaban J connectivity index is 3.11. The van der Waals surface area contributed by atoms with E-state index in [2.05, 4.69) is 9.05 Å². The van der Waals surface area contributed by atoms with E-state index in [1.807, 2.05) is 12.1 Å². The van der Waals surface area contributed by atoms with Crippen molar-refractivity contribution in [3.8, 4) is 6.07 Å². The van der Waals surface area contributed by atoms with Gasteiger partial charge in [-0.3, -0.25) is 9.05 Å². The molecule has 18 heavy (non-hydrogen) atoms. The molecule has 0 bridgehead atoms. The highest BCUT2D eigenvalue weighted by Crippen LogP contribution is 2.50. The summed E-state index contributed by atoms with van der Waals surface area (Å²) in [6.45, 7) is 1.54. The molecule has 0 amide bonds. The number of rotatable bonds is 5. The Kier molecular flexibility index (Phi) is 5.11. The van der Waals surface area contributed by atoms with E-state index < -0.39 is 7.82 Å². The molecule has 0 fully saturated rings. The Bertz CT molecular complexity index is 511. The highest BCUT2D eigenvalue weighted by atomic mass is 31.2. The zero-order valence-electron chi connectivity index (χ0n) is 10.4. The van der Waals surface area contributed by atoms with Crippen molar-refractivity contribution in [1.29, 1.82) is 5.26 Å². The number of nitriles is 1. The lowest BCUT2D eigenvalue weighted by Crippen LogP contribution is -1.96. The number of hydrogen-bond acceptors (Lipinski definition) is 5. The molecule has 96 valence electrons. The minimum Gasteiger partial charge on any atom is -0.407 e. The number of benzene rings is 1. The molecule has 0 aromatic heterocycles. The average molecular weight is 267 g/mol. The van der Waals surface area contributed by atoms with Crippen LogP contribution in [0.15, 0.2) is 36.1 Å². The summed E-state index contributed by atoms with van der Waals surface area (Å²) in [5.74, 6) is 0.190. The Labute approximate surface area is 106 Å². The molecule has 0 radical (unpaired) electrons. The maximum absolute atomic E-state index is 11.8. The molecule has 0 saturated heterocycles. The van der Waals surface area contributed by atoms with E-state index >= 15 is 0 Å². The molecule has 5 nitrogen and oxygen atoms in total. The highest BCUT2D eigenvalue weighted by molar-refractivity contribution is 7.48. The molecule has 0 heterocycles. The maximum Gasteiger partial charge on any atom is 0.529 e. The smallest absolute Gasteiger partial charge is 0.407 e. The largest absolute Gasteiger partial charge is 0.529 e. The molecule has 0 spiro atoms. The number of nitrogens with zero attached hydrogens (tertiary/aromatic N) is 1. The van der Waals surface area contributed by atoms with Crippen molar-refractivity contribution in [2.45, 2.75) is 6.92 Å². The molecule has 1 aromatic carbocycles. The summed E-state index contributed by atoms with van der Waals surface area (Å²) < 4.78 is 26.2. The van der Waals surface area contributed by atoms with Gasteiger partial charge in [0.1, 0.15) is 11.8 Å². The van der Waals surface area contributed by atoms with Crippen molar-refractivity contribution in [2.24, 2.45) is 0 Å². The van der Waals surface area contributed by atoms with E-state index in [1.165, 1.54) is 21.1 Å². The molecule has 0 aliphatic heterocycles. The van der Waals surface area contributed by atoms with E-state index in [9.17, 15) is 4.57 Å². The Morgan fingerprint density at radius 2 is 1.78 bits per heavy atom. The van der Waals surface area contributed by atoms with Gasteiger partial charge >= 0.3 is 7.82 Å². The van der Waals surface area contributed by atoms with Crippen LogP contribution in [-0.2, 0) is 18.1 Å². The zero-order chi connectivity index (χ0) is 13.6. The zero-order valence-corrected chi connectivity index (χ0v) is 11.3. The molecule has 0 aliphatic rings. The third-order valence-electron chi connectivity index (χ3n) is 2.22. The van der Waals surface area contributed by atoms with E-state index in [1.54, 1.807) is 24.3 Å². The van der Waals surface area contributed by atoms with Crippen LogP contribution in [0.25, 0.3) is 5.57 Å². The maximum atomic E-state index is 11.8. The summed E-state index contributed by atoms with van der Waals surface area (Å²) in [6, 6.07) is 11.0. The van der Waals surface area contributed by atoms with Crippen LogP contribution in [0.5, 0.6) is 0 Å². The van der Waals surface area contributed by atoms with Crippen molar-refractivity contribution in [1.82, 2.24) is 0 Å². The van der Waals surface area contributed by atoms with Gasteiger partial charge in [-0.1, -0.05) is 30.3 Å². The van der Waals surface area contributed by atoms with Gasteiger partial charge in [0.05, 0.1) is 5.57 Å². The minimum atomic E-state index is -3.63. The first kappa shape index (κ1) is 14.5. The normalized spacial score (nSPS) is 12.6. The van der Waals surface area contributed by atoms with Gasteiger partial charge in [-0.15, -0.1) is 0 Å². The van der Waals surface area contributed by atoms with Crippen molar-refractivity contribution < 1.29 is 18.1 Å². The summed E-state index contributed by atoms with van der Waals surface area (Å²) in [5.41, 5.74) is 0.959. The molecule has 0 N–H and O–H groups in total. The fraction of sp³-hybridized carbons (Fsp3) is 0.250. The molecule has 1 aromatic rings. The third kappa shape index (κ3) is 3.44. The molecule has 0 unspecified atom stereocenters. The lowest BCUT2D eigenvalue weighted by Gasteiger charge is -2.15. The first-order valence-corrected chi connectivity index (χ1v) is 6.60. The Morgan fingerprint density at radius 3 is 2.22 bits per heavy atom. The van der Waals surface area contributed by atoms with E-state index in [4.69, 9.17) is 9.79 Å². The van der Waals surface area contributed by atoms with Gasteiger partial charge in [0.25, 0.3) is 0 Å². The predicted octanol–water partition coefficient (Wildman–Crippen LogP) is 3.36. The molecule has 0 atom stereocenters. The predicted molar refractivity (Wildman–Crippen MR) is 67.4 cm³/mol. The van der Waals surface area contributed by atoms with Crippen LogP contribution < -0.4 is 0 Å². The molecule has 1 rings (SSSR count). The summed E-state index contributed by atoms with van der Waals surface area (Å²) in [7, 11) is -1.20. The van der Waals surface area contributed by atoms with E-state index in [-0.39, 0.29) is 11.3 Å². The molecule has 6 heteroatoms. The highest BCUT2D eigenvalue weighted by Gasteiger charge is 2.25. The van der Waals surface area contributed by atoms with Gasteiger partial charge < -0.3 is 4.52 Å². The number of allylic oxidation sites excluding steroid dienone is 2. The van der Waals surface area contributed by atoms with Gasteiger partial charge in [0.15, 0.2) is 0 Å². The summed E-state index contributed by atoms with van der Waals surface area (Å²) >= 11 is 0. The van der Waals surface area contributed by atoms with Gasteiger partial charge in [-0.25, -0.2) is 4.57 Å². The second-order valence-corrected chi connectivity index (χ2v) is 5.12. The van der Waals surface area contributed by atoms with Crippen molar-refractivity contribution >= 4 is 13.4 Å². The van der Waals surface area contributed by atoms with E-state index in [0.29, 0.717) is 5.56 Å². The second-order valence-electron chi connectivity index (χ2n) is 3.31. The fourth-order valence-electron chi connectivity index (χ4n) is 1.31. The average Bonchev–Trinajstić information content (AvgIpc) is 2.40. The van der Waals surface area contributed by atoms with E-state index in [0.717, 1.165) is 0 Å². The van der Waals surface area contributed by atoms with Crippen LogP contribution in [-0.4, -0.2) is 14.2 Å². The SMILES string of the molecule is COP(=O)(OC)O/C(C)=C(\C#N)c1ccccc1. The van der Waals surface area contributed by atoms with Gasteiger partial charge in [-0.2, -0.15) is 5.26 Å². The summed E-state index contributed by atoms with van der Waals surface area (Å²) in [5, 5.41) is 9.13. The molecular formula is C12H14NO4P. The van der Waals surface area contributed by atoms with Crippen molar-refractivity contribution in [3.63, 3.8) is 0 Å². The summed E-state index contributed by atoms with van der Waals surface area (Å²) in [6.07, 6.45) is 0. The van der Waals surface area contributed by atoms with Crippen molar-refractivity contribution in [3.05, 3.63) is 41.7 Å². The topological polar surface area (TPSA) is 68.6 Å². The van der Waals surface area contributed by atoms with Crippen LogP contribution in [0.4, 0.5) is 0 Å². The number of phosphoric ester groups is 1. The second kappa shape index (κ2) is 6.36. The van der Waals surface area contributed by atoms with Gasteiger partial charge in [-0.05, 0) is 12.5 Å². The first-order chi connectivity index (χ1) is 8.56. The monoisotopic (exact) mass is 267 g/mol. The quantitative estimate of drug-likeness (QED) is 0.465. The lowest BCUT2D eigenvalue weighted by atomic mass is 10.1. The van der Waals surface area contributed by atoms with Gasteiger partial charge in [0.2, 0.25) is 0 Å². The Hall–Kier alpha value is -1.60. The fourth-order valence-corrected chi connectivity index (χ4v) is 2.04. The van der Waals surface area contributed by atoms with Gasteiger partial charge in [0, 0.05) is 14.2 Å². The van der Waals surface area contributed by atoms with Crippen LogP contribution in [0.3, 0.4) is 0 Å². The minimum absolute atomic E-state index is 0.190. The number of phosphoric acid groups is 1. The first-order valence-electron chi connectivity index (χ1n) is 5.14. The van der Waals surface area contributed by atoms with Crippen molar-refractivity contribution in [2.75, 3.05) is 14.2 Å². The standard InChI is InChI=1S/C12H14NO4P/c1-10(17-18(14,15-2)16-3)12(9-13)11-7-5-4-6-8-11/h4-8H,1-3H3/b12-10+. The number of hydrogen-bond donors (Lipinski definition) is 0. The van der Waals surface area contributed by atoms with Crippen LogP contribution in [0.1, 0.15) is 12.5 Å². The Morgan fingerprint density at radius 1 is 1.22 bits per heavy atom.